The zero-order chi connectivity index (χ0) is 29.2. The lowest BCUT2D eigenvalue weighted by molar-refractivity contribution is -0.132. The quantitative estimate of drug-likeness (QED) is 0.396. The fourth-order valence-corrected chi connectivity index (χ4v) is 6.66. The number of hydrogen-bond acceptors (Lipinski definition) is 5. The van der Waals surface area contributed by atoms with E-state index in [1.807, 2.05) is 11.0 Å². The van der Waals surface area contributed by atoms with Crippen LogP contribution in [0.1, 0.15) is 41.1 Å². The molecule has 42 heavy (non-hydrogen) atoms. The Morgan fingerprint density at radius 3 is 2.26 bits per heavy atom. The maximum Gasteiger partial charge on any atom is 0.253 e. The molecule has 2 atom stereocenters. The highest BCUT2D eigenvalue weighted by molar-refractivity contribution is 5.94. The van der Waals surface area contributed by atoms with Crippen molar-refractivity contribution < 1.29 is 23.1 Å². The van der Waals surface area contributed by atoms with Gasteiger partial charge in [-0.05, 0) is 91.7 Å². The van der Waals surface area contributed by atoms with Gasteiger partial charge in [0.05, 0.1) is 7.11 Å². The van der Waals surface area contributed by atoms with Gasteiger partial charge >= 0.3 is 0 Å². The standard InChI is InChI=1S/C33H36F2N4O3/c1-42-27-11-4-23(5-12-27)33(41)38-19-17-37(18-20-38)32(40)3-2-15-36-16-14-31-29(22-36)28-21-25(35)8-13-30(28)39(31)26-9-6-24(34)7-10-26/h4-13,21,29,31H,2-3,14-20,22H2,1H3/t29-,31+/m0/s1. The summed E-state index contributed by atoms with van der Waals surface area (Å²) in [7, 11) is 1.59. The number of nitrogens with zero attached hydrogens (tertiary/aromatic N) is 4. The molecule has 0 radical (unpaired) electrons. The van der Waals surface area contributed by atoms with Crippen molar-refractivity contribution in [1.82, 2.24) is 14.7 Å². The molecule has 3 aliphatic heterocycles. The van der Waals surface area contributed by atoms with Gasteiger partial charge in [-0.25, -0.2) is 8.78 Å². The van der Waals surface area contributed by atoms with Gasteiger partial charge in [-0.2, -0.15) is 0 Å². The Morgan fingerprint density at radius 1 is 0.857 bits per heavy atom. The summed E-state index contributed by atoms with van der Waals surface area (Å²) in [5.41, 5.74) is 3.51. The molecule has 2 amide bonds. The SMILES string of the molecule is COc1ccc(C(=O)N2CCN(C(=O)CCCN3CC[C@@H]4[C@@H](C3)c3cc(F)ccc3N4c3ccc(F)cc3)CC2)cc1. The van der Waals surface area contributed by atoms with Crippen molar-refractivity contribution in [3.63, 3.8) is 0 Å². The monoisotopic (exact) mass is 574 g/mol. The van der Waals surface area contributed by atoms with Gasteiger partial charge < -0.3 is 24.3 Å². The topological polar surface area (TPSA) is 56.3 Å². The number of carbonyl (C=O) groups excluding carboxylic acids is 2. The van der Waals surface area contributed by atoms with Gasteiger partial charge in [0.25, 0.3) is 5.91 Å². The van der Waals surface area contributed by atoms with E-state index >= 15 is 0 Å². The van der Waals surface area contributed by atoms with Crippen LogP contribution in [0.25, 0.3) is 0 Å². The van der Waals surface area contributed by atoms with E-state index in [1.165, 1.54) is 18.2 Å². The summed E-state index contributed by atoms with van der Waals surface area (Å²) >= 11 is 0. The van der Waals surface area contributed by atoms with Crippen LogP contribution in [0.5, 0.6) is 5.75 Å². The predicted octanol–water partition coefficient (Wildman–Crippen LogP) is 5.05. The minimum absolute atomic E-state index is 0.0282. The normalized spacial score (nSPS) is 20.3. The van der Waals surface area contributed by atoms with E-state index in [-0.39, 0.29) is 35.4 Å². The van der Waals surface area contributed by atoms with Crippen molar-refractivity contribution in [3.8, 4) is 5.75 Å². The number of fused-ring (bicyclic) bond motifs is 3. The van der Waals surface area contributed by atoms with Crippen LogP contribution in [-0.2, 0) is 4.79 Å². The molecule has 3 heterocycles. The van der Waals surface area contributed by atoms with Gasteiger partial charge in [0.2, 0.25) is 5.91 Å². The minimum Gasteiger partial charge on any atom is -0.497 e. The summed E-state index contributed by atoms with van der Waals surface area (Å²) < 4.78 is 33.1. The van der Waals surface area contributed by atoms with Crippen LogP contribution in [0.2, 0.25) is 0 Å². The molecule has 0 unspecified atom stereocenters. The van der Waals surface area contributed by atoms with Crippen LogP contribution in [0.3, 0.4) is 0 Å². The lowest BCUT2D eigenvalue weighted by atomic mass is 9.89. The van der Waals surface area contributed by atoms with Crippen molar-refractivity contribution in [3.05, 3.63) is 89.5 Å². The Labute approximate surface area is 245 Å². The number of likely N-dealkylation sites (tertiary alicyclic amines) is 1. The van der Waals surface area contributed by atoms with Crippen molar-refractivity contribution in [2.45, 2.75) is 31.2 Å². The van der Waals surface area contributed by atoms with Gasteiger partial charge in [0.1, 0.15) is 17.4 Å². The molecule has 2 fully saturated rings. The van der Waals surface area contributed by atoms with E-state index in [9.17, 15) is 18.4 Å². The first-order valence-corrected chi connectivity index (χ1v) is 14.7. The number of methoxy groups -OCH3 is 1. The maximum absolute atomic E-state index is 14.3. The molecule has 0 aliphatic carbocycles. The second-order valence-corrected chi connectivity index (χ2v) is 11.3. The molecule has 6 rings (SSSR count). The molecular formula is C33H36F2N4O3. The Bertz CT molecular complexity index is 1420. The average molecular weight is 575 g/mol. The van der Waals surface area contributed by atoms with Crippen molar-refractivity contribution in [1.29, 1.82) is 0 Å². The lowest BCUT2D eigenvalue weighted by Gasteiger charge is -2.39. The second kappa shape index (κ2) is 12.1. The van der Waals surface area contributed by atoms with E-state index in [0.29, 0.717) is 43.9 Å². The Hall–Kier alpha value is -3.98. The van der Waals surface area contributed by atoms with E-state index in [4.69, 9.17) is 4.74 Å². The molecule has 3 aromatic rings. The summed E-state index contributed by atoms with van der Waals surface area (Å²) in [6, 6.07) is 18.8. The molecule has 9 heteroatoms. The molecule has 220 valence electrons. The number of ether oxygens (including phenoxy) is 1. The molecule has 7 nitrogen and oxygen atoms in total. The molecule has 3 aliphatic rings. The summed E-state index contributed by atoms with van der Waals surface area (Å²) in [4.78, 5) is 34.1. The number of piperidine rings is 1. The first-order valence-electron chi connectivity index (χ1n) is 14.7. The first kappa shape index (κ1) is 28.2. The highest BCUT2D eigenvalue weighted by Gasteiger charge is 2.42. The number of amides is 2. The van der Waals surface area contributed by atoms with Gasteiger partial charge in [-0.1, -0.05) is 0 Å². The number of anilines is 2. The third-order valence-corrected chi connectivity index (χ3v) is 8.87. The Kier molecular flexibility index (Phi) is 8.11. The third kappa shape index (κ3) is 5.70. The highest BCUT2D eigenvalue weighted by Crippen LogP contribution is 2.48. The van der Waals surface area contributed by atoms with Crippen LogP contribution in [-0.4, -0.2) is 85.5 Å². The second-order valence-electron chi connectivity index (χ2n) is 11.3. The number of halogens is 2. The third-order valence-electron chi connectivity index (χ3n) is 8.87. The molecule has 0 N–H and O–H groups in total. The van der Waals surface area contributed by atoms with Crippen molar-refractivity contribution >= 4 is 23.2 Å². The van der Waals surface area contributed by atoms with Gasteiger partial charge in [-0.3, -0.25) is 9.59 Å². The van der Waals surface area contributed by atoms with Crippen molar-refractivity contribution in [2.24, 2.45) is 0 Å². The van der Waals surface area contributed by atoms with Crippen LogP contribution >= 0.6 is 0 Å². The van der Waals surface area contributed by atoms with Gasteiger partial charge in [-0.15, -0.1) is 0 Å². The van der Waals surface area contributed by atoms with Gasteiger partial charge in [0, 0.05) is 74.6 Å². The van der Waals surface area contributed by atoms with E-state index in [2.05, 4.69) is 9.80 Å². The van der Waals surface area contributed by atoms with Crippen LogP contribution in [0.15, 0.2) is 66.7 Å². The molecule has 0 aromatic heterocycles. The summed E-state index contributed by atoms with van der Waals surface area (Å²) in [5.74, 6) is 0.419. The number of piperazine rings is 1. The van der Waals surface area contributed by atoms with Crippen LogP contribution < -0.4 is 9.64 Å². The first-order chi connectivity index (χ1) is 20.4. The smallest absolute Gasteiger partial charge is 0.253 e. The van der Waals surface area contributed by atoms with Gasteiger partial charge in [0.15, 0.2) is 0 Å². The molecule has 0 saturated carbocycles. The van der Waals surface area contributed by atoms with E-state index in [1.54, 1.807) is 54.5 Å². The molecule has 0 bridgehead atoms. The van der Waals surface area contributed by atoms with Crippen molar-refractivity contribution in [2.75, 3.05) is 57.8 Å². The largest absolute Gasteiger partial charge is 0.497 e. The average Bonchev–Trinajstić information content (AvgIpc) is 3.34. The fraction of sp³-hybridized carbons (Fsp3) is 0.394. The zero-order valence-electron chi connectivity index (χ0n) is 23.8. The fourth-order valence-electron chi connectivity index (χ4n) is 6.66. The summed E-state index contributed by atoms with van der Waals surface area (Å²) in [6.45, 7) is 4.59. The molecule has 2 saturated heterocycles. The molecule has 0 spiro atoms. The van der Waals surface area contributed by atoms with E-state index in [0.717, 1.165) is 49.4 Å². The Morgan fingerprint density at radius 2 is 1.55 bits per heavy atom. The number of benzene rings is 3. The maximum atomic E-state index is 14.3. The lowest BCUT2D eigenvalue weighted by Crippen LogP contribution is -2.50. The molecular weight excluding hydrogens is 538 g/mol. The molecule has 3 aromatic carbocycles. The predicted molar refractivity (Wildman–Crippen MR) is 157 cm³/mol. The van der Waals surface area contributed by atoms with E-state index < -0.39 is 0 Å². The summed E-state index contributed by atoms with van der Waals surface area (Å²) in [6.07, 6.45) is 2.11. The number of rotatable bonds is 7. The Balaban J connectivity index is 1.00. The number of carbonyl (C=O) groups is 2. The van der Waals surface area contributed by atoms with Crippen LogP contribution in [0, 0.1) is 11.6 Å². The zero-order valence-corrected chi connectivity index (χ0v) is 23.8. The van der Waals surface area contributed by atoms with Crippen LogP contribution in [0.4, 0.5) is 20.2 Å². The highest BCUT2D eigenvalue weighted by atomic mass is 19.1. The number of hydrogen-bond donors (Lipinski definition) is 0. The minimum atomic E-state index is -0.276. The summed E-state index contributed by atoms with van der Waals surface area (Å²) in [5, 5.41) is 0.